The van der Waals surface area contributed by atoms with Crippen molar-refractivity contribution in [1.82, 2.24) is 5.16 Å². The Morgan fingerprint density at radius 1 is 1.15 bits per heavy atom. The standard InChI is InChI=1S/C19H28N4O2.ClH/c1-7-23(8-2)14-9-10-15(13(3)11-14)20-18(24)21-17-12-16(25-22-17)19(4,5)6;/h9-12H,7-8H2,1-6H3,(H2,20,21,22,24);1H/p-1. The number of hydrogen-bond donors (Lipinski definition) is 2. The van der Waals surface area contributed by atoms with Gasteiger partial charge in [-0.1, -0.05) is 25.9 Å². The van der Waals surface area contributed by atoms with Gasteiger partial charge in [-0.25, -0.2) is 4.79 Å². The van der Waals surface area contributed by atoms with Crippen molar-refractivity contribution in [3.8, 4) is 0 Å². The summed E-state index contributed by atoms with van der Waals surface area (Å²) in [7, 11) is 0. The van der Waals surface area contributed by atoms with Crippen molar-refractivity contribution in [3.05, 3.63) is 35.6 Å². The van der Waals surface area contributed by atoms with Crippen LogP contribution in [0, 0.1) is 6.92 Å². The van der Waals surface area contributed by atoms with Gasteiger partial charge in [-0.2, -0.15) is 0 Å². The number of hydrogen-bond acceptors (Lipinski definition) is 4. The maximum atomic E-state index is 12.2. The van der Waals surface area contributed by atoms with Crippen molar-refractivity contribution in [3.63, 3.8) is 0 Å². The normalized spacial score (nSPS) is 10.8. The smallest absolute Gasteiger partial charge is 0.324 e. The van der Waals surface area contributed by atoms with E-state index in [9.17, 15) is 4.79 Å². The van der Waals surface area contributed by atoms with Crippen LogP contribution in [-0.4, -0.2) is 24.3 Å². The Kier molecular flexibility index (Phi) is 7.51. The van der Waals surface area contributed by atoms with Crippen molar-refractivity contribution in [2.45, 2.75) is 47.0 Å². The Morgan fingerprint density at radius 3 is 2.31 bits per heavy atom. The molecule has 2 rings (SSSR count). The zero-order valence-electron chi connectivity index (χ0n) is 16.3. The summed E-state index contributed by atoms with van der Waals surface area (Å²) < 4.78 is 5.27. The van der Waals surface area contributed by atoms with Gasteiger partial charge in [-0.3, -0.25) is 5.32 Å². The first-order valence-electron chi connectivity index (χ1n) is 8.65. The van der Waals surface area contributed by atoms with E-state index < -0.39 is 0 Å². The molecule has 0 radical (unpaired) electrons. The molecule has 2 amide bonds. The lowest BCUT2D eigenvalue weighted by Gasteiger charge is -2.22. The summed E-state index contributed by atoms with van der Waals surface area (Å²) in [5.41, 5.74) is 2.78. The summed E-state index contributed by atoms with van der Waals surface area (Å²) in [6, 6.07) is 7.43. The first-order valence-corrected chi connectivity index (χ1v) is 8.65. The van der Waals surface area contributed by atoms with E-state index in [1.165, 1.54) is 0 Å². The Hall–Kier alpha value is -2.21. The largest absolute Gasteiger partial charge is 1.00 e. The van der Waals surface area contributed by atoms with Crippen molar-refractivity contribution in [2.75, 3.05) is 28.6 Å². The first-order chi connectivity index (χ1) is 11.7. The van der Waals surface area contributed by atoms with E-state index in [4.69, 9.17) is 4.52 Å². The third-order valence-corrected chi connectivity index (χ3v) is 4.08. The molecule has 0 atom stereocenters. The quantitative estimate of drug-likeness (QED) is 0.830. The van der Waals surface area contributed by atoms with Crippen molar-refractivity contribution in [1.29, 1.82) is 0 Å². The van der Waals surface area contributed by atoms with Crippen LogP contribution in [-0.2, 0) is 5.41 Å². The van der Waals surface area contributed by atoms with Crippen LogP contribution in [0.4, 0.5) is 22.0 Å². The molecule has 26 heavy (non-hydrogen) atoms. The number of nitrogens with zero attached hydrogens (tertiary/aromatic N) is 2. The number of amides is 2. The molecule has 0 bridgehead atoms. The van der Waals surface area contributed by atoms with E-state index in [0.29, 0.717) is 5.82 Å². The fraction of sp³-hybridized carbons (Fsp3) is 0.474. The highest BCUT2D eigenvalue weighted by Crippen LogP contribution is 2.25. The Labute approximate surface area is 161 Å². The lowest BCUT2D eigenvalue weighted by atomic mass is 9.93. The minimum atomic E-state index is -0.340. The predicted octanol–water partition coefficient (Wildman–Crippen LogP) is 1.77. The number of halogens is 1. The molecule has 6 nitrogen and oxygen atoms in total. The highest BCUT2D eigenvalue weighted by molar-refractivity contribution is 5.99. The van der Waals surface area contributed by atoms with E-state index in [2.05, 4.69) is 40.6 Å². The van der Waals surface area contributed by atoms with E-state index in [-0.39, 0.29) is 23.9 Å². The van der Waals surface area contributed by atoms with Gasteiger partial charge in [-0.15, -0.1) is 0 Å². The van der Waals surface area contributed by atoms with Gasteiger partial charge in [-0.05, 0) is 44.5 Å². The number of aryl methyl sites for hydroxylation is 1. The van der Waals surface area contributed by atoms with Gasteiger partial charge in [0, 0.05) is 35.9 Å². The van der Waals surface area contributed by atoms with Crippen LogP contribution in [0.2, 0.25) is 0 Å². The summed E-state index contributed by atoms with van der Waals surface area (Å²) in [5, 5.41) is 9.46. The van der Waals surface area contributed by atoms with Crippen LogP contribution in [0.3, 0.4) is 0 Å². The molecule has 2 N–H and O–H groups in total. The lowest BCUT2D eigenvalue weighted by molar-refractivity contribution is -0.00000892. The van der Waals surface area contributed by atoms with Crippen LogP contribution in [0.1, 0.15) is 45.9 Å². The fourth-order valence-corrected chi connectivity index (χ4v) is 2.53. The lowest BCUT2D eigenvalue weighted by Crippen LogP contribution is -3.00. The minimum absolute atomic E-state index is 0. The van der Waals surface area contributed by atoms with Gasteiger partial charge in [0.05, 0.1) is 0 Å². The molecular formula is C19H28ClN4O2-. The van der Waals surface area contributed by atoms with Gasteiger partial charge in [0.15, 0.2) is 5.82 Å². The molecule has 0 aliphatic carbocycles. The molecule has 2 aromatic rings. The zero-order valence-corrected chi connectivity index (χ0v) is 17.1. The fourth-order valence-electron chi connectivity index (χ4n) is 2.53. The maximum Gasteiger partial charge on any atom is 0.324 e. The van der Waals surface area contributed by atoms with E-state index in [1.54, 1.807) is 6.07 Å². The molecule has 1 aromatic carbocycles. The first kappa shape index (κ1) is 21.8. The topological polar surface area (TPSA) is 70.4 Å². The van der Waals surface area contributed by atoms with Gasteiger partial charge in [0.2, 0.25) is 0 Å². The van der Waals surface area contributed by atoms with Gasteiger partial charge < -0.3 is 27.1 Å². The van der Waals surface area contributed by atoms with Crippen molar-refractivity contribution < 1.29 is 21.7 Å². The molecule has 1 aromatic heterocycles. The summed E-state index contributed by atoms with van der Waals surface area (Å²) >= 11 is 0. The summed E-state index contributed by atoms with van der Waals surface area (Å²) in [6.45, 7) is 14.2. The Bertz CT molecular complexity index is 733. The highest BCUT2D eigenvalue weighted by Gasteiger charge is 2.20. The van der Waals surface area contributed by atoms with Crippen LogP contribution in [0.15, 0.2) is 28.8 Å². The molecule has 0 aliphatic heterocycles. The molecule has 1 heterocycles. The second kappa shape index (κ2) is 8.94. The third-order valence-electron chi connectivity index (χ3n) is 4.08. The summed E-state index contributed by atoms with van der Waals surface area (Å²) in [5.74, 6) is 1.13. The van der Waals surface area contributed by atoms with Crippen molar-refractivity contribution >= 4 is 23.2 Å². The number of carbonyl (C=O) groups is 1. The molecule has 0 spiro atoms. The van der Waals surface area contributed by atoms with Gasteiger partial charge >= 0.3 is 6.03 Å². The number of anilines is 3. The molecular weight excluding hydrogens is 352 g/mol. The monoisotopic (exact) mass is 379 g/mol. The van der Waals surface area contributed by atoms with Crippen molar-refractivity contribution in [2.24, 2.45) is 0 Å². The number of benzene rings is 1. The second-order valence-corrected chi connectivity index (χ2v) is 7.08. The van der Waals surface area contributed by atoms with Gasteiger partial charge in [0.1, 0.15) is 5.76 Å². The van der Waals surface area contributed by atoms with Gasteiger partial charge in [0.25, 0.3) is 0 Å². The minimum Gasteiger partial charge on any atom is -1.00 e. The van der Waals surface area contributed by atoms with E-state index >= 15 is 0 Å². The molecule has 7 heteroatoms. The average Bonchev–Trinajstić information content (AvgIpc) is 2.99. The number of aromatic nitrogens is 1. The molecule has 0 saturated heterocycles. The second-order valence-electron chi connectivity index (χ2n) is 7.08. The number of carbonyl (C=O) groups excluding carboxylic acids is 1. The predicted molar refractivity (Wildman–Crippen MR) is 103 cm³/mol. The zero-order chi connectivity index (χ0) is 18.6. The maximum absolute atomic E-state index is 12.2. The number of urea groups is 1. The highest BCUT2D eigenvalue weighted by atomic mass is 35.5. The van der Waals surface area contributed by atoms with Crippen LogP contribution < -0.4 is 27.9 Å². The molecule has 144 valence electrons. The van der Waals surface area contributed by atoms with Crippen LogP contribution in [0.25, 0.3) is 0 Å². The summed E-state index contributed by atoms with van der Waals surface area (Å²) in [6.07, 6.45) is 0. The molecule has 0 unspecified atom stereocenters. The Morgan fingerprint density at radius 2 is 1.81 bits per heavy atom. The Balaban J connectivity index is 0.00000338. The van der Waals surface area contributed by atoms with Crippen LogP contribution in [0.5, 0.6) is 0 Å². The third kappa shape index (κ3) is 5.39. The average molecular weight is 380 g/mol. The van der Waals surface area contributed by atoms with E-state index in [1.807, 2.05) is 39.8 Å². The summed E-state index contributed by atoms with van der Waals surface area (Å²) in [4.78, 5) is 14.5. The number of rotatable bonds is 5. The van der Waals surface area contributed by atoms with E-state index in [0.717, 1.165) is 35.8 Å². The molecule has 0 fully saturated rings. The van der Waals surface area contributed by atoms with Crippen LogP contribution >= 0.6 is 0 Å². The SMILES string of the molecule is CCN(CC)c1ccc(NC(=O)Nc2cc(C(C)(C)C)on2)c(C)c1.[Cl-]. The molecule has 0 saturated carbocycles. The number of nitrogens with one attached hydrogen (secondary N) is 2. The molecule has 0 aliphatic rings.